The number of carbonyl (C=O) groups is 1. The molecule has 1 aliphatic heterocycles. The van der Waals surface area contributed by atoms with E-state index in [1.165, 1.54) is 15.6 Å². The molecule has 8 heteroatoms. The van der Waals surface area contributed by atoms with E-state index < -0.39 is 10.0 Å². The van der Waals surface area contributed by atoms with E-state index in [1.807, 2.05) is 17.5 Å². The third-order valence-corrected chi connectivity index (χ3v) is 7.18. The Labute approximate surface area is 139 Å². The molecule has 0 saturated carbocycles. The largest absolute Gasteiger partial charge is 0.360 e. The lowest BCUT2D eigenvalue weighted by molar-refractivity contribution is 0.0879. The van der Waals surface area contributed by atoms with Gasteiger partial charge in [-0.05, 0) is 38.1 Å². The van der Waals surface area contributed by atoms with Crippen molar-refractivity contribution in [3.8, 4) is 0 Å². The molecule has 1 saturated heterocycles. The van der Waals surface area contributed by atoms with Gasteiger partial charge in [0, 0.05) is 19.0 Å². The number of carbonyl (C=O) groups excluding carboxylic acids is 1. The summed E-state index contributed by atoms with van der Waals surface area (Å²) >= 11 is 1.43. The van der Waals surface area contributed by atoms with Crippen LogP contribution < -0.4 is 0 Å². The van der Waals surface area contributed by atoms with Gasteiger partial charge in [0.25, 0.3) is 0 Å². The molecule has 0 unspecified atom stereocenters. The van der Waals surface area contributed by atoms with Gasteiger partial charge in [-0.3, -0.25) is 4.79 Å². The second-order valence-corrected chi connectivity index (χ2v) is 8.50. The molecule has 0 aromatic carbocycles. The molecule has 2 aromatic rings. The fraction of sp³-hybridized carbons (Fsp3) is 0.467. The summed E-state index contributed by atoms with van der Waals surface area (Å²) in [4.78, 5) is 13.3. The molecule has 0 spiro atoms. The Morgan fingerprint density at radius 2 is 2.04 bits per heavy atom. The van der Waals surface area contributed by atoms with E-state index >= 15 is 0 Å². The molecular weight excluding hydrogens is 336 g/mol. The summed E-state index contributed by atoms with van der Waals surface area (Å²) in [5, 5.41) is 5.60. The number of hydrogen-bond donors (Lipinski definition) is 0. The fourth-order valence-electron chi connectivity index (χ4n) is 2.95. The van der Waals surface area contributed by atoms with Gasteiger partial charge in [-0.25, -0.2) is 8.42 Å². The molecule has 0 aliphatic carbocycles. The number of aryl methyl sites for hydroxylation is 2. The summed E-state index contributed by atoms with van der Waals surface area (Å²) in [5.74, 6) is 0.318. The van der Waals surface area contributed by atoms with Gasteiger partial charge in [0.15, 0.2) is 11.5 Å². The molecule has 3 rings (SSSR count). The van der Waals surface area contributed by atoms with Crippen molar-refractivity contribution in [1.82, 2.24) is 9.46 Å². The number of thiophene rings is 1. The SMILES string of the molecule is Cc1noc(C)c1S(=O)(=O)N1CCC(C(=O)c2cccs2)CC1. The van der Waals surface area contributed by atoms with E-state index in [4.69, 9.17) is 4.52 Å². The van der Waals surface area contributed by atoms with E-state index in [0.717, 1.165) is 4.88 Å². The first-order chi connectivity index (χ1) is 10.9. The summed E-state index contributed by atoms with van der Waals surface area (Å²) in [6, 6.07) is 3.68. The summed E-state index contributed by atoms with van der Waals surface area (Å²) in [7, 11) is -3.61. The van der Waals surface area contributed by atoms with Gasteiger partial charge in [0.05, 0.1) is 4.88 Å². The zero-order valence-electron chi connectivity index (χ0n) is 13.0. The van der Waals surface area contributed by atoms with Crippen molar-refractivity contribution in [3.05, 3.63) is 33.8 Å². The maximum Gasteiger partial charge on any atom is 0.248 e. The van der Waals surface area contributed by atoms with Crippen molar-refractivity contribution < 1.29 is 17.7 Å². The van der Waals surface area contributed by atoms with Gasteiger partial charge in [0.1, 0.15) is 10.6 Å². The molecule has 1 fully saturated rings. The number of piperidine rings is 1. The molecule has 0 atom stereocenters. The quantitative estimate of drug-likeness (QED) is 0.789. The smallest absolute Gasteiger partial charge is 0.248 e. The molecular formula is C15H18N2O4S2. The standard InChI is InChI=1S/C15H18N2O4S2/c1-10-15(11(2)21-16-10)23(19,20)17-7-5-12(6-8-17)14(18)13-4-3-9-22-13/h3-4,9,12H,5-8H2,1-2H3. The van der Waals surface area contributed by atoms with Crippen molar-refractivity contribution in [2.45, 2.75) is 31.6 Å². The average Bonchev–Trinajstić information content (AvgIpc) is 3.17. The number of hydrogen-bond acceptors (Lipinski definition) is 6. The molecule has 2 aromatic heterocycles. The third-order valence-electron chi connectivity index (χ3n) is 4.15. The summed E-state index contributed by atoms with van der Waals surface area (Å²) in [6.07, 6.45) is 1.08. The second kappa shape index (κ2) is 6.18. The molecule has 6 nitrogen and oxygen atoms in total. The topological polar surface area (TPSA) is 80.5 Å². The Morgan fingerprint density at radius 3 is 2.57 bits per heavy atom. The number of Topliss-reactive ketones (excluding diaryl/α,β-unsaturated/α-hetero) is 1. The number of ketones is 1. The van der Waals surface area contributed by atoms with E-state index in [0.29, 0.717) is 37.4 Å². The molecule has 0 radical (unpaired) electrons. The van der Waals surface area contributed by atoms with Crippen LogP contribution in [0.3, 0.4) is 0 Å². The Hall–Kier alpha value is -1.51. The molecule has 124 valence electrons. The van der Waals surface area contributed by atoms with Crippen LogP contribution >= 0.6 is 11.3 Å². The first-order valence-corrected chi connectivity index (χ1v) is 9.74. The van der Waals surface area contributed by atoms with Crippen LogP contribution in [0.1, 0.15) is 34.0 Å². The number of aromatic nitrogens is 1. The van der Waals surface area contributed by atoms with Crippen LogP contribution in [0, 0.1) is 19.8 Å². The van der Waals surface area contributed by atoms with Crippen LogP contribution in [-0.2, 0) is 10.0 Å². The Balaban J connectivity index is 1.73. The summed E-state index contributed by atoms with van der Waals surface area (Å²) < 4.78 is 31.9. The van der Waals surface area contributed by atoms with E-state index in [-0.39, 0.29) is 16.6 Å². The maximum absolute atomic E-state index is 12.7. The van der Waals surface area contributed by atoms with Crippen LogP contribution in [-0.4, -0.2) is 36.8 Å². The maximum atomic E-state index is 12.7. The van der Waals surface area contributed by atoms with Gasteiger partial charge in [-0.1, -0.05) is 11.2 Å². The van der Waals surface area contributed by atoms with Crippen LogP contribution in [0.5, 0.6) is 0 Å². The van der Waals surface area contributed by atoms with Crippen molar-refractivity contribution in [3.63, 3.8) is 0 Å². The van der Waals surface area contributed by atoms with Crippen molar-refractivity contribution in [2.75, 3.05) is 13.1 Å². The lowest BCUT2D eigenvalue weighted by Crippen LogP contribution is -2.40. The number of rotatable bonds is 4. The predicted molar refractivity (Wildman–Crippen MR) is 86.1 cm³/mol. The van der Waals surface area contributed by atoms with Crippen LogP contribution in [0.4, 0.5) is 0 Å². The highest BCUT2D eigenvalue weighted by Crippen LogP contribution is 2.29. The molecule has 23 heavy (non-hydrogen) atoms. The predicted octanol–water partition coefficient (Wildman–Crippen LogP) is 2.64. The van der Waals surface area contributed by atoms with E-state index in [2.05, 4.69) is 5.16 Å². The highest BCUT2D eigenvalue weighted by Gasteiger charge is 2.35. The number of sulfonamides is 1. The first-order valence-electron chi connectivity index (χ1n) is 7.42. The van der Waals surface area contributed by atoms with Crippen molar-refractivity contribution in [2.24, 2.45) is 5.92 Å². The molecule has 0 amide bonds. The van der Waals surface area contributed by atoms with Crippen molar-refractivity contribution in [1.29, 1.82) is 0 Å². The zero-order valence-corrected chi connectivity index (χ0v) is 14.6. The minimum Gasteiger partial charge on any atom is -0.360 e. The van der Waals surface area contributed by atoms with Crippen LogP contribution in [0.25, 0.3) is 0 Å². The Morgan fingerprint density at radius 1 is 1.35 bits per heavy atom. The Kier molecular flexibility index (Phi) is 4.39. The Bertz CT molecular complexity index is 781. The van der Waals surface area contributed by atoms with Crippen LogP contribution in [0.2, 0.25) is 0 Å². The average molecular weight is 354 g/mol. The molecule has 0 N–H and O–H groups in total. The van der Waals surface area contributed by atoms with Gasteiger partial charge in [-0.15, -0.1) is 11.3 Å². The van der Waals surface area contributed by atoms with Crippen molar-refractivity contribution >= 4 is 27.1 Å². The molecule has 0 bridgehead atoms. The summed E-state index contributed by atoms with van der Waals surface area (Å²) in [6.45, 7) is 3.90. The van der Waals surface area contributed by atoms with Crippen LogP contribution in [0.15, 0.2) is 26.9 Å². The van der Waals surface area contributed by atoms with Gasteiger partial charge in [-0.2, -0.15) is 4.31 Å². The monoisotopic (exact) mass is 354 g/mol. The normalized spacial score (nSPS) is 17.5. The van der Waals surface area contributed by atoms with E-state index in [1.54, 1.807) is 13.8 Å². The summed E-state index contributed by atoms with van der Waals surface area (Å²) in [5.41, 5.74) is 0.374. The minimum atomic E-state index is -3.61. The lowest BCUT2D eigenvalue weighted by Gasteiger charge is -2.30. The number of nitrogens with zero attached hydrogens (tertiary/aromatic N) is 2. The van der Waals surface area contributed by atoms with Gasteiger partial charge in [0.2, 0.25) is 10.0 Å². The second-order valence-electron chi connectivity index (χ2n) is 5.67. The highest BCUT2D eigenvalue weighted by atomic mass is 32.2. The van der Waals surface area contributed by atoms with Gasteiger partial charge < -0.3 is 4.52 Å². The lowest BCUT2D eigenvalue weighted by atomic mass is 9.93. The fourth-order valence-corrected chi connectivity index (χ4v) is 5.45. The first kappa shape index (κ1) is 16.4. The minimum absolute atomic E-state index is 0.107. The highest BCUT2D eigenvalue weighted by molar-refractivity contribution is 7.89. The zero-order chi connectivity index (χ0) is 16.6. The molecule has 3 heterocycles. The molecule has 1 aliphatic rings. The van der Waals surface area contributed by atoms with E-state index in [9.17, 15) is 13.2 Å². The third kappa shape index (κ3) is 2.98. The van der Waals surface area contributed by atoms with Gasteiger partial charge >= 0.3 is 0 Å².